The number of azide groups is 1. The van der Waals surface area contributed by atoms with Gasteiger partial charge in [-0.2, -0.15) is 0 Å². The fourth-order valence-corrected chi connectivity index (χ4v) is 1.85. The molecule has 0 aromatic heterocycles. The van der Waals surface area contributed by atoms with Crippen LogP contribution >= 0.6 is 0 Å². The molecule has 5 nitrogen and oxygen atoms in total. The van der Waals surface area contributed by atoms with Crippen molar-refractivity contribution in [2.75, 3.05) is 32.8 Å². The van der Waals surface area contributed by atoms with Gasteiger partial charge in [0.1, 0.15) is 0 Å². The molecule has 0 bridgehead atoms. The Labute approximate surface area is 84.7 Å². The summed E-state index contributed by atoms with van der Waals surface area (Å²) in [6.07, 6.45) is 2.43. The SMILES string of the molecule is CCOCC1CCCN1CCN=[N+]=[N-]. The third kappa shape index (κ3) is 3.54. The van der Waals surface area contributed by atoms with Gasteiger partial charge < -0.3 is 4.74 Å². The van der Waals surface area contributed by atoms with Gasteiger partial charge in [-0.25, -0.2) is 0 Å². The number of likely N-dealkylation sites (tertiary alicyclic amines) is 1. The predicted molar refractivity (Wildman–Crippen MR) is 55.1 cm³/mol. The van der Waals surface area contributed by atoms with Crippen molar-refractivity contribution in [2.45, 2.75) is 25.8 Å². The van der Waals surface area contributed by atoms with Crippen LogP contribution in [0, 0.1) is 0 Å². The molecule has 0 aromatic rings. The van der Waals surface area contributed by atoms with Gasteiger partial charge in [-0.3, -0.25) is 4.90 Å². The molecule has 0 aliphatic carbocycles. The molecule has 1 aliphatic heterocycles. The van der Waals surface area contributed by atoms with Gasteiger partial charge in [0.05, 0.1) is 6.61 Å². The lowest BCUT2D eigenvalue weighted by Crippen LogP contribution is -2.34. The fraction of sp³-hybridized carbons (Fsp3) is 1.00. The minimum atomic E-state index is 0.531. The summed E-state index contributed by atoms with van der Waals surface area (Å²) >= 11 is 0. The summed E-state index contributed by atoms with van der Waals surface area (Å²) in [4.78, 5) is 5.10. The van der Waals surface area contributed by atoms with Gasteiger partial charge in [0.2, 0.25) is 0 Å². The predicted octanol–water partition coefficient (Wildman–Crippen LogP) is 1.80. The summed E-state index contributed by atoms with van der Waals surface area (Å²) in [6.45, 7) is 6.15. The Morgan fingerprint density at radius 2 is 2.50 bits per heavy atom. The van der Waals surface area contributed by atoms with E-state index in [4.69, 9.17) is 10.3 Å². The molecule has 0 aromatic carbocycles. The number of rotatable bonds is 6. The van der Waals surface area contributed by atoms with Crippen LogP contribution in [0.1, 0.15) is 19.8 Å². The highest BCUT2D eigenvalue weighted by molar-refractivity contribution is 4.79. The zero-order valence-corrected chi connectivity index (χ0v) is 8.72. The number of hydrogen-bond acceptors (Lipinski definition) is 3. The Hall–Kier alpha value is -0.770. The Kier molecular flexibility index (Phi) is 5.37. The lowest BCUT2D eigenvalue weighted by atomic mass is 10.2. The van der Waals surface area contributed by atoms with Gasteiger partial charge >= 0.3 is 0 Å². The molecule has 14 heavy (non-hydrogen) atoms. The molecule has 0 amide bonds. The van der Waals surface area contributed by atoms with Crippen LogP contribution in [0.5, 0.6) is 0 Å². The van der Waals surface area contributed by atoms with E-state index in [1.165, 1.54) is 12.8 Å². The molecule has 0 spiro atoms. The van der Waals surface area contributed by atoms with Crippen LogP contribution in [0.25, 0.3) is 10.4 Å². The monoisotopic (exact) mass is 198 g/mol. The van der Waals surface area contributed by atoms with E-state index in [9.17, 15) is 0 Å². The normalized spacial score (nSPS) is 22.2. The molecule has 1 heterocycles. The highest BCUT2D eigenvalue weighted by Gasteiger charge is 2.23. The van der Waals surface area contributed by atoms with E-state index in [1.807, 2.05) is 6.92 Å². The molecule has 1 unspecified atom stereocenters. The van der Waals surface area contributed by atoms with Crippen molar-refractivity contribution < 1.29 is 4.74 Å². The lowest BCUT2D eigenvalue weighted by Gasteiger charge is -2.23. The van der Waals surface area contributed by atoms with Crippen molar-refractivity contribution in [1.29, 1.82) is 0 Å². The third-order valence-electron chi connectivity index (χ3n) is 2.56. The summed E-state index contributed by atoms with van der Waals surface area (Å²) < 4.78 is 5.41. The highest BCUT2D eigenvalue weighted by atomic mass is 16.5. The largest absolute Gasteiger partial charge is 0.380 e. The van der Waals surface area contributed by atoms with Gasteiger partial charge in [-0.1, -0.05) is 5.11 Å². The average molecular weight is 198 g/mol. The molecule has 1 fully saturated rings. The standard InChI is InChI=1S/C9H18N4O/c1-2-14-8-9-4-3-6-13(9)7-5-11-12-10/h9H,2-8H2,1H3. The smallest absolute Gasteiger partial charge is 0.0621 e. The second kappa shape index (κ2) is 6.65. The van der Waals surface area contributed by atoms with Crippen LogP contribution in [0.3, 0.4) is 0 Å². The molecule has 80 valence electrons. The van der Waals surface area contributed by atoms with E-state index < -0.39 is 0 Å². The molecular formula is C9H18N4O. The van der Waals surface area contributed by atoms with Crippen LogP contribution < -0.4 is 0 Å². The summed E-state index contributed by atoms with van der Waals surface area (Å²) in [5.74, 6) is 0. The average Bonchev–Trinajstić information content (AvgIpc) is 2.63. The molecule has 0 saturated carbocycles. The van der Waals surface area contributed by atoms with E-state index >= 15 is 0 Å². The maximum Gasteiger partial charge on any atom is 0.0621 e. The quantitative estimate of drug-likeness (QED) is 0.371. The lowest BCUT2D eigenvalue weighted by molar-refractivity contribution is 0.0865. The first-order valence-electron chi connectivity index (χ1n) is 5.21. The molecule has 5 heteroatoms. The van der Waals surface area contributed by atoms with E-state index in [0.29, 0.717) is 12.6 Å². The molecule has 1 atom stereocenters. The summed E-state index contributed by atoms with van der Waals surface area (Å²) in [5.41, 5.74) is 8.16. The van der Waals surface area contributed by atoms with E-state index in [-0.39, 0.29) is 0 Å². The summed E-state index contributed by atoms with van der Waals surface area (Å²) in [7, 11) is 0. The zero-order chi connectivity index (χ0) is 10.2. The number of ether oxygens (including phenoxy) is 1. The molecule has 1 aliphatic rings. The molecule has 1 rings (SSSR count). The van der Waals surface area contributed by atoms with E-state index in [0.717, 1.165) is 26.3 Å². The minimum absolute atomic E-state index is 0.531. The van der Waals surface area contributed by atoms with Crippen LogP contribution in [0.4, 0.5) is 0 Å². The van der Waals surface area contributed by atoms with Gasteiger partial charge in [-0.05, 0) is 31.8 Å². The van der Waals surface area contributed by atoms with Gasteiger partial charge in [0, 0.05) is 30.6 Å². The number of nitrogens with zero attached hydrogens (tertiary/aromatic N) is 4. The van der Waals surface area contributed by atoms with Crippen LogP contribution in [-0.2, 0) is 4.74 Å². The second-order valence-electron chi connectivity index (χ2n) is 3.45. The van der Waals surface area contributed by atoms with E-state index in [1.54, 1.807) is 0 Å². The molecule has 1 saturated heterocycles. The van der Waals surface area contributed by atoms with E-state index in [2.05, 4.69) is 14.9 Å². The maximum atomic E-state index is 8.16. The fourth-order valence-electron chi connectivity index (χ4n) is 1.85. The topological polar surface area (TPSA) is 61.2 Å². The molecular weight excluding hydrogens is 180 g/mol. The van der Waals surface area contributed by atoms with Gasteiger partial charge in [0.25, 0.3) is 0 Å². The van der Waals surface area contributed by atoms with Gasteiger partial charge in [0.15, 0.2) is 0 Å². The Morgan fingerprint density at radius 3 is 3.21 bits per heavy atom. The Morgan fingerprint density at radius 1 is 1.64 bits per heavy atom. The Bertz CT molecular complexity index is 203. The van der Waals surface area contributed by atoms with Gasteiger partial charge in [-0.15, -0.1) is 0 Å². The molecule has 0 radical (unpaired) electrons. The summed E-state index contributed by atoms with van der Waals surface area (Å²) in [6, 6.07) is 0.531. The van der Waals surface area contributed by atoms with Crippen molar-refractivity contribution in [2.24, 2.45) is 5.11 Å². The minimum Gasteiger partial charge on any atom is -0.380 e. The third-order valence-corrected chi connectivity index (χ3v) is 2.56. The van der Waals surface area contributed by atoms with Crippen LogP contribution in [0.15, 0.2) is 5.11 Å². The number of hydrogen-bond donors (Lipinski definition) is 0. The van der Waals surface area contributed by atoms with Crippen molar-refractivity contribution >= 4 is 0 Å². The first-order chi connectivity index (χ1) is 6.88. The van der Waals surface area contributed by atoms with Crippen LogP contribution in [0.2, 0.25) is 0 Å². The maximum absolute atomic E-state index is 8.16. The second-order valence-corrected chi connectivity index (χ2v) is 3.45. The summed E-state index contributed by atoms with van der Waals surface area (Å²) in [5, 5.41) is 3.55. The molecule has 0 N–H and O–H groups in total. The van der Waals surface area contributed by atoms with Crippen molar-refractivity contribution in [3.05, 3.63) is 10.4 Å². The van der Waals surface area contributed by atoms with Crippen LogP contribution in [-0.4, -0.2) is 43.8 Å². The first-order valence-corrected chi connectivity index (χ1v) is 5.21. The first kappa shape index (κ1) is 11.3. The van der Waals surface area contributed by atoms with Crippen molar-refractivity contribution in [1.82, 2.24) is 4.90 Å². The Balaban J connectivity index is 2.23. The highest BCUT2D eigenvalue weighted by Crippen LogP contribution is 2.16. The zero-order valence-electron chi connectivity index (χ0n) is 8.72. The van der Waals surface area contributed by atoms with Crippen molar-refractivity contribution in [3.8, 4) is 0 Å². The van der Waals surface area contributed by atoms with Crippen molar-refractivity contribution in [3.63, 3.8) is 0 Å².